The van der Waals surface area contributed by atoms with Crippen molar-refractivity contribution >= 4 is 11.9 Å². The lowest BCUT2D eigenvalue weighted by molar-refractivity contribution is -0.139. The molecular weight excluding hydrogens is 228 g/mol. The van der Waals surface area contributed by atoms with Crippen molar-refractivity contribution in [2.75, 3.05) is 33.5 Å². The first-order valence-electron chi connectivity index (χ1n) is 5.39. The van der Waals surface area contributed by atoms with E-state index in [0.29, 0.717) is 32.8 Å². The number of rotatable bonds is 10. The Balaban J connectivity index is 3.41. The van der Waals surface area contributed by atoms with Gasteiger partial charge in [0.15, 0.2) is 0 Å². The average molecular weight is 248 g/mol. The zero-order valence-corrected chi connectivity index (χ0v) is 9.98. The number of carboxylic acids is 1. The summed E-state index contributed by atoms with van der Waals surface area (Å²) in [6.07, 6.45) is 0.283. The third kappa shape index (κ3) is 9.73. The highest BCUT2D eigenvalue weighted by atomic mass is 16.5. The monoisotopic (exact) mass is 248 g/mol. The topological polar surface area (TPSA) is 111 Å². The van der Waals surface area contributed by atoms with Crippen molar-refractivity contribution in [1.82, 2.24) is 5.32 Å². The summed E-state index contributed by atoms with van der Waals surface area (Å²) < 4.78 is 9.97. The van der Waals surface area contributed by atoms with E-state index in [9.17, 15) is 9.59 Å². The molecule has 0 saturated carbocycles. The Kier molecular flexibility index (Phi) is 9.31. The normalized spacial score (nSPS) is 12.1. The predicted molar refractivity (Wildman–Crippen MR) is 60.5 cm³/mol. The van der Waals surface area contributed by atoms with Gasteiger partial charge in [-0.2, -0.15) is 0 Å². The molecule has 100 valence electrons. The van der Waals surface area contributed by atoms with Crippen LogP contribution in [0.2, 0.25) is 0 Å². The molecule has 17 heavy (non-hydrogen) atoms. The lowest BCUT2D eigenvalue weighted by atomic mass is 10.2. The summed E-state index contributed by atoms with van der Waals surface area (Å²) in [5.74, 6) is -1.54. The molecular formula is C10H20N2O5. The van der Waals surface area contributed by atoms with Gasteiger partial charge in [0.2, 0.25) is 5.91 Å². The second-order valence-corrected chi connectivity index (χ2v) is 3.45. The van der Waals surface area contributed by atoms with Crippen LogP contribution in [0.25, 0.3) is 0 Å². The Morgan fingerprint density at radius 3 is 2.65 bits per heavy atom. The summed E-state index contributed by atoms with van der Waals surface area (Å²) >= 11 is 0. The van der Waals surface area contributed by atoms with Gasteiger partial charge in [0.25, 0.3) is 0 Å². The first-order valence-corrected chi connectivity index (χ1v) is 5.39. The molecule has 0 fully saturated rings. The van der Waals surface area contributed by atoms with Crippen molar-refractivity contribution in [3.8, 4) is 0 Å². The molecule has 7 nitrogen and oxygen atoms in total. The highest BCUT2D eigenvalue weighted by Crippen LogP contribution is 1.89. The maximum Gasteiger partial charge on any atom is 0.305 e. The van der Waals surface area contributed by atoms with Crippen LogP contribution < -0.4 is 11.1 Å². The first-order chi connectivity index (χ1) is 8.07. The number of aliphatic carboxylic acids is 1. The molecule has 1 atom stereocenters. The van der Waals surface area contributed by atoms with Gasteiger partial charge in [0.05, 0.1) is 25.7 Å². The summed E-state index contributed by atoms with van der Waals surface area (Å²) in [6.45, 7) is 1.98. The largest absolute Gasteiger partial charge is 0.481 e. The molecule has 0 aliphatic rings. The Morgan fingerprint density at radius 2 is 2.06 bits per heavy atom. The molecule has 0 aliphatic heterocycles. The van der Waals surface area contributed by atoms with Crippen LogP contribution in [0, 0.1) is 0 Å². The van der Waals surface area contributed by atoms with Crippen LogP contribution in [0.5, 0.6) is 0 Å². The number of ether oxygens (including phenoxy) is 2. The Hall–Kier alpha value is -1.18. The number of carboxylic acid groups (broad SMARTS) is 1. The molecule has 7 heteroatoms. The molecule has 0 aromatic rings. The lowest BCUT2D eigenvalue weighted by Crippen LogP contribution is -2.42. The van der Waals surface area contributed by atoms with Gasteiger partial charge in [-0.1, -0.05) is 0 Å². The van der Waals surface area contributed by atoms with Crippen LogP contribution in [-0.2, 0) is 19.1 Å². The standard InChI is InChI=1S/C10H20N2O5/c1-16-5-6-17-4-2-3-12-10(15)8(11)7-9(13)14/h8H,2-7,11H2,1H3,(H,12,15)(H,13,14). The maximum atomic E-state index is 11.3. The van der Waals surface area contributed by atoms with E-state index in [0.717, 1.165) is 0 Å². The molecule has 4 N–H and O–H groups in total. The van der Waals surface area contributed by atoms with E-state index >= 15 is 0 Å². The zero-order valence-electron chi connectivity index (χ0n) is 9.98. The van der Waals surface area contributed by atoms with Crippen LogP contribution in [0.15, 0.2) is 0 Å². The highest BCUT2D eigenvalue weighted by molar-refractivity contribution is 5.85. The fourth-order valence-electron chi connectivity index (χ4n) is 1.04. The minimum absolute atomic E-state index is 0.365. The van der Waals surface area contributed by atoms with Crippen LogP contribution in [0.4, 0.5) is 0 Å². The quantitative estimate of drug-likeness (QED) is 0.426. The number of hydrogen-bond acceptors (Lipinski definition) is 5. The summed E-state index contributed by atoms with van der Waals surface area (Å²) in [4.78, 5) is 21.6. The number of carbonyl (C=O) groups excluding carboxylic acids is 1. The van der Waals surface area contributed by atoms with E-state index in [1.165, 1.54) is 0 Å². The Labute approximate surface area is 100 Å². The van der Waals surface area contributed by atoms with Crippen LogP contribution >= 0.6 is 0 Å². The van der Waals surface area contributed by atoms with Crippen LogP contribution in [-0.4, -0.2) is 56.5 Å². The van der Waals surface area contributed by atoms with Crippen molar-refractivity contribution in [3.63, 3.8) is 0 Å². The number of methoxy groups -OCH3 is 1. The SMILES string of the molecule is COCCOCCCNC(=O)C(N)CC(=O)O. The summed E-state index contributed by atoms with van der Waals surface area (Å²) in [5, 5.41) is 11.0. The minimum atomic E-state index is -1.09. The molecule has 0 heterocycles. The number of hydrogen-bond donors (Lipinski definition) is 3. The second-order valence-electron chi connectivity index (χ2n) is 3.45. The molecule has 0 rings (SSSR count). The van der Waals surface area contributed by atoms with Crippen LogP contribution in [0.3, 0.4) is 0 Å². The van der Waals surface area contributed by atoms with Gasteiger partial charge in [-0.05, 0) is 6.42 Å². The number of amides is 1. The third-order valence-corrected chi connectivity index (χ3v) is 1.93. The molecule has 0 saturated heterocycles. The number of nitrogens with two attached hydrogens (primary N) is 1. The molecule has 1 amide bonds. The lowest BCUT2D eigenvalue weighted by Gasteiger charge is -2.10. The van der Waals surface area contributed by atoms with E-state index in [4.69, 9.17) is 20.3 Å². The van der Waals surface area contributed by atoms with Gasteiger partial charge >= 0.3 is 5.97 Å². The maximum absolute atomic E-state index is 11.3. The van der Waals surface area contributed by atoms with Crippen molar-refractivity contribution < 1.29 is 24.2 Å². The fraction of sp³-hybridized carbons (Fsp3) is 0.800. The van der Waals surface area contributed by atoms with E-state index < -0.39 is 17.9 Å². The number of carbonyl (C=O) groups is 2. The minimum Gasteiger partial charge on any atom is -0.481 e. The predicted octanol–water partition coefficient (Wildman–Crippen LogP) is -1.04. The fourth-order valence-corrected chi connectivity index (χ4v) is 1.04. The van der Waals surface area contributed by atoms with E-state index in [1.54, 1.807) is 7.11 Å². The van der Waals surface area contributed by atoms with Gasteiger partial charge in [0.1, 0.15) is 0 Å². The molecule has 0 aromatic heterocycles. The highest BCUT2D eigenvalue weighted by Gasteiger charge is 2.15. The molecule has 0 aromatic carbocycles. The molecule has 0 aliphatic carbocycles. The van der Waals surface area contributed by atoms with Crippen molar-refractivity contribution in [1.29, 1.82) is 0 Å². The van der Waals surface area contributed by atoms with Crippen molar-refractivity contribution in [2.45, 2.75) is 18.9 Å². The van der Waals surface area contributed by atoms with Crippen molar-refractivity contribution in [3.05, 3.63) is 0 Å². The van der Waals surface area contributed by atoms with Crippen molar-refractivity contribution in [2.24, 2.45) is 5.73 Å². The van der Waals surface area contributed by atoms with E-state index in [-0.39, 0.29) is 6.42 Å². The molecule has 0 spiro atoms. The third-order valence-electron chi connectivity index (χ3n) is 1.93. The summed E-state index contributed by atoms with van der Waals surface area (Å²) in [6, 6.07) is -0.998. The Bertz CT molecular complexity index is 235. The smallest absolute Gasteiger partial charge is 0.305 e. The van der Waals surface area contributed by atoms with Gasteiger partial charge < -0.3 is 25.6 Å². The Morgan fingerprint density at radius 1 is 1.35 bits per heavy atom. The summed E-state index contributed by atoms with van der Waals surface area (Å²) in [7, 11) is 1.59. The first kappa shape index (κ1) is 15.8. The van der Waals surface area contributed by atoms with Gasteiger partial charge in [-0.3, -0.25) is 9.59 Å². The summed E-state index contributed by atoms with van der Waals surface area (Å²) in [5.41, 5.74) is 5.36. The number of nitrogens with one attached hydrogen (secondary N) is 1. The second kappa shape index (κ2) is 10.0. The molecule has 0 radical (unpaired) electrons. The van der Waals surface area contributed by atoms with Gasteiger partial charge in [-0.25, -0.2) is 0 Å². The zero-order chi connectivity index (χ0) is 13.1. The molecule has 1 unspecified atom stereocenters. The molecule has 0 bridgehead atoms. The van der Waals surface area contributed by atoms with E-state index in [1.807, 2.05) is 0 Å². The van der Waals surface area contributed by atoms with Gasteiger partial charge in [-0.15, -0.1) is 0 Å². The van der Waals surface area contributed by atoms with E-state index in [2.05, 4.69) is 5.32 Å². The average Bonchev–Trinajstić information content (AvgIpc) is 2.26. The van der Waals surface area contributed by atoms with Gasteiger partial charge in [0, 0.05) is 20.3 Å². The van der Waals surface area contributed by atoms with Crippen LogP contribution in [0.1, 0.15) is 12.8 Å².